The summed E-state index contributed by atoms with van der Waals surface area (Å²) in [5, 5.41) is 7.25. The summed E-state index contributed by atoms with van der Waals surface area (Å²) in [6, 6.07) is 6.17. The van der Waals surface area contributed by atoms with Gasteiger partial charge in [0, 0.05) is 32.0 Å². The maximum absolute atomic E-state index is 12.3. The van der Waals surface area contributed by atoms with Crippen molar-refractivity contribution in [3.8, 4) is 0 Å². The highest BCUT2D eigenvalue weighted by molar-refractivity contribution is 7.07. The van der Waals surface area contributed by atoms with E-state index in [1.54, 1.807) is 11.3 Å². The van der Waals surface area contributed by atoms with Gasteiger partial charge in [0.15, 0.2) is 0 Å². The predicted octanol–water partition coefficient (Wildman–Crippen LogP) is 2.37. The van der Waals surface area contributed by atoms with Crippen LogP contribution in [0.4, 0.5) is 0 Å². The quantitative estimate of drug-likeness (QED) is 0.746. The molecule has 24 heavy (non-hydrogen) atoms. The molecule has 6 heteroatoms. The van der Waals surface area contributed by atoms with Crippen LogP contribution in [0.1, 0.15) is 24.4 Å². The molecule has 1 fully saturated rings. The van der Waals surface area contributed by atoms with Crippen molar-refractivity contribution in [3.63, 3.8) is 0 Å². The Morgan fingerprint density at radius 1 is 1.29 bits per heavy atom. The van der Waals surface area contributed by atoms with Crippen molar-refractivity contribution in [2.45, 2.75) is 18.9 Å². The Bertz CT molecular complexity index is 558. The van der Waals surface area contributed by atoms with Gasteiger partial charge in [0.2, 0.25) is 5.91 Å². The van der Waals surface area contributed by atoms with Crippen molar-refractivity contribution in [2.75, 3.05) is 39.4 Å². The zero-order valence-corrected chi connectivity index (χ0v) is 14.7. The van der Waals surface area contributed by atoms with Gasteiger partial charge >= 0.3 is 0 Å². The first-order valence-electron chi connectivity index (χ1n) is 8.54. The molecule has 0 bridgehead atoms. The number of hydrogen-bond acceptors (Lipinski definition) is 4. The minimum atomic E-state index is 0.0745. The Hall–Kier alpha value is -1.63. The van der Waals surface area contributed by atoms with E-state index in [9.17, 15) is 4.79 Å². The number of nitrogens with zero attached hydrogens (tertiary/aromatic N) is 2. The summed E-state index contributed by atoms with van der Waals surface area (Å²) < 4.78 is 7.45. The lowest BCUT2D eigenvalue weighted by Gasteiger charge is -2.26. The number of hydrogen-bond donors (Lipinski definition) is 1. The van der Waals surface area contributed by atoms with Gasteiger partial charge in [-0.2, -0.15) is 11.3 Å². The third-order valence-corrected chi connectivity index (χ3v) is 5.07. The molecule has 130 valence electrons. The fourth-order valence-corrected chi connectivity index (χ4v) is 3.73. The number of carbonyl (C=O) groups excluding carboxylic acids is 1. The number of amides is 1. The molecule has 0 aromatic carbocycles. The molecular weight excluding hydrogens is 322 g/mol. The Labute approximate surface area is 147 Å². The van der Waals surface area contributed by atoms with Gasteiger partial charge in [-0.05, 0) is 47.5 Å². The summed E-state index contributed by atoms with van der Waals surface area (Å²) >= 11 is 1.67. The van der Waals surface area contributed by atoms with E-state index in [1.807, 2.05) is 24.5 Å². The number of rotatable bonds is 8. The summed E-state index contributed by atoms with van der Waals surface area (Å²) in [6.45, 7) is 5.41. The number of morpholine rings is 1. The van der Waals surface area contributed by atoms with Crippen LogP contribution in [-0.2, 0) is 9.53 Å². The molecule has 1 amide bonds. The fourth-order valence-electron chi connectivity index (χ4n) is 3.02. The van der Waals surface area contributed by atoms with Gasteiger partial charge in [0.25, 0.3) is 0 Å². The third kappa shape index (κ3) is 4.93. The smallest absolute Gasteiger partial charge is 0.222 e. The molecule has 0 saturated carbocycles. The van der Waals surface area contributed by atoms with Crippen LogP contribution in [0.25, 0.3) is 0 Å². The van der Waals surface area contributed by atoms with Crippen LogP contribution in [0.5, 0.6) is 0 Å². The molecule has 5 nitrogen and oxygen atoms in total. The monoisotopic (exact) mass is 347 g/mol. The largest absolute Gasteiger partial charge is 0.379 e. The number of ether oxygens (including phenoxy) is 1. The van der Waals surface area contributed by atoms with Crippen LogP contribution < -0.4 is 5.32 Å². The van der Waals surface area contributed by atoms with Gasteiger partial charge < -0.3 is 14.6 Å². The van der Waals surface area contributed by atoms with Gasteiger partial charge in [-0.25, -0.2) is 0 Å². The van der Waals surface area contributed by atoms with E-state index in [-0.39, 0.29) is 11.9 Å². The summed E-state index contributed by atoms with van der Waals surface area (Å²) in [5.41, 5.74) is 1.19. The molecule has 0 spiro atoms. The molecule has 0 unspecified atom stereocenters. The fraction of sp³-hybridized carbons (Fsp3) is 0.500. The molecule has 1 N–H and O–H groups in total. The average molecular weight is 347 g/mol. The lowest BCUT2D eigenvalue weighted by Crippen LogP contribution is -2.38. The third-order valence-electron chi connectivity index (χ3n) is 4.37. The number of carbonyl (C=O) groups is 1. The summed E-state index contributed by atoms with van der Waals surface area (Å²) in [5.74, 6) is 0.113. The number of nitrogens with one attached hydrogen (secondary N) is 1. The summed E-state index contributed by atoms with van der Waals surface area (Å²) in [6.07, 6.45) is 5.50. The molecule has 1 atom stereocenters. The van der Waals surface area contributed by atoms with Crippen molar-refractivity contribution in [1.29, 1.82) is 0 Å². The van der Waals surface area contributed by atoms with Gasteiger partial charge in [-0.3, -0.25) is 9.69 Å². The molecule has 2 aromatic rings. The zero-order chi connectivity index (χ0) is 16.6. The lowest BCUT2D eigenvalue weighted by atomic mass is 10.1. The number of thiophene rings is 1. The SMILES string of the molecule is O=C(C[C@@H](c1ccsc1)n1cccc1)NCCCN1CCOCC1. The van der Waals surface area contributed by atoms with Crippen LogP contribution in [-0.4, -0.2) is 54.8 Å². The van der Waals surface area contributed by atoms with Gasteiger partial charge in [-0.1, -0.05) is 0 Å². The normalized spacial score (nSPS) is 16.8. The van der Waals surface area contributed by atoms with E-state index in [1.165, 1.54) is 5.56 Å². The molecule has 3 heterocycles. The van der Waals surface area contributed by atoms with E-state index in [0.717, 1.165) is 45.8 Å². The second kappa shape index (κ2) is 9.01. The number of aromatic nitrogens is 1. The zero-order valence-electron chi connectivity index (χ0n) is 13.9. The second-order valence-corrected chi connectivity index (χ2v) is 6.84. The Morgan fingerprint density at radius 2 is 2.08 bits per heavy atom. The van der Waals surface area contributed by atoms with Crippen molar-refractivity contribution in [3.05, 3.63) is 46.9 Å². The Balaban J connectivity index is 1.44. The first kappa shape index (κ1) is 17.2. The van der Waals surface area contributed by atoms with Gasteiger partial charge in [-0.15, -0.1) is 0 Å². The van der Waals surface area contributed by atoms with Crippen LogP contribution in [0, 0.1) is 0 Å². The van der Waals surface area contributed by atoms with Crippen LogP contribution in [0.3, 0.4) is 0 Å². The van der Waals surface area contributed by atoms with Crippen molar-refractivity contribution in [2.24, 2.45) is 0 Å². The first-order chi connectivity index (χ1) is 11.8. The van der Waals surface area contributed by atoms with Crippen LogP contribution >= 0.6 is 11.3 Å². The first-order valence-corrected chi connectivity index (χ1v) is 9.48. The van der Waals surface area contributed by atoms with E-state index < -0.39 is 0 Å². The van der Waals surface area contributed by atoms with Crippen molar-refractivity contribution < 1.29 is 9.53 Å². The molecular formula is C18H25N3O2S. The van der Waals surface area contributed by atoms with Crippen LogP contribution in [0.15, 0.2) is 41.4 Å². The maximum Gasteiger partial charge on any atom is 0.222 e. The van der Waals surface area contributed by atoms with Crippen molar-refractivity contribution in [1.82, 2.24) is 14.8 Å². The topological polar surface area (TPSA) is 46.5 Å². The molecule has 0 aliphatic carbocycles. The maximum atomic E-state index is 12.3. The summed E-state index contributed by atoms with van der Waals surface area (Å²) in [7, 11) is 0. The van der Waals surface area contributed by atoms with E-state index in [0.29, 0.717) is 6.42 Å². The Kier molecular flexibility index (Phi) is 6.46. The molecule has 2 aromatic heterocycles. The van der Waals surface area contributed by atoms with Gasteiger partial charge in [0.05, 0.1) is 25.7 Å². The standard InChI is InChI=1S/C18H25N3O2S/c22-18(19-5-3-6-20-9-11-23-12-10-20)14-17(16-4-13-24-15-16)21-7-1-2-8-21/h1-2,4,7-8,13,15,17H,3,5-6,9-12,14H2,(H,19,22)/t17-/m0/s1. The average Bonchev–Trinajstić information content (AvgIpc) is 3.31. The van der Waals surface area contributed by atoms with Crippen LogP contribution in [0.2, 0.25) is 0 Å². The molecule has 3 rings (SSSR count). The van der Waals surface area contributed by atoms with Gasteiger partial charge in [0.1, 0.15) is 0 Å². The lowest BCUT2D eigenvalue weighted by molar-refractivity contribution is -0.121. The van der Waals surface area contributed by atoms with E-state index in [2.05, 4.69) is 31.6 Å². The highest BCUT2D eigenvalue weighted by Crippen LogP contribution is 2.24. The molecule has 0 radical (unpaired) electrons. The predicted molar refractivity (Wildman–Crippen MR) is 96.4 cm³/mol. The summed E-state index contributed by atoms with van der Waals surface area (Å²) in [4.78, 5) is 14.7. The second-order valence-electron chi connectivity index (χ2n) is 6.06. The highest BCUT2D eigenvalue weighted by atomic mass is 32.1. The van der Waals surface area contributed by atoms with E-state index >= 15 is 0 Å². The minimum absolute atomic E-state index is 0.0745. The molecule has 1 aliphatic heterocycles. The molecule has 1 saturated heterocycles. The van der Waals surface area contributed by atoms with Crippen molar-refractivity contribution >= 4 is 17.2 Å². The highest BCUT2D eigenvalue weighted by Gasteiger charge is 2.17. The Morgan fingerprint density at radius 3 is 2.79 bits per heavy atom. The minimum Gasteiger partial charge on any atom is -0.379 e. The van der Waals surface area contributed by atoms with E-state index in [4.69, 9.17) is 4.74 Å². The molecule has 1 aliphatic rings.